The third kappa shape index (κ3) is 3.19. The maximum absolute atomic E-state index is 13.7. The Morgan fingerprint density at radius 2 is 2.04 bits per heavy atom. The number of benzene rings is 2. The molecule has 0 N–H and O–H groups in total. The second kappa shape index (κ2) is 7.09. The number of amides is 1. The molecule has 0 unspecified atom stereocenters. The molecule has 0 saturated carbocycles. The largest absolute Gasteiger partial charge is 0.343 e. The number of carbonyl (C=O) groups excluding carboxylic acids is 1. The smallest absolute Gasteiger partial charge is 0.229 e. The van der Waals surface area contributed by atoms with E-state index in [0.717, 1.165) is 11.3 Å². The molecule has 1 fully saturated rings. The van der Waals surface area contributed by atoms with Crippen molar-refractivity contribution >= 4 is 23.4 Å². The first kappa shape index (κ1) is 17.6. The van der Waals surface area contributed by atoms with Gasteiger partial charge in [0.05, 0.1) is 29.2 Å². The number of carbonyl (C=O) groups is 1. The molecule has 4 nitrogen and oxygen atoms in total. The number of hydrogen-bond donors (Lipinski definition) is 0. The molecule has 0 radical (unpaired) electrons. The highest BCUT2D eigenvalue weighted by Gasteiger charge is 2.38. The maximum Gasteiger partial charge on any atom is 0.229 e. The van der Waals surface area contributed by atoms with Gasteiger partial charge < -0.3 is 4.90 Å². The molecule has 2 aliphatic heterocycles. The predicted octanol–water partition coefficient (Wildman–Crippen LogP) is 4.35. The molecule has 0 bridgehead atoms. The van der Waals surface area contributed by atoms with Crippen molar-refractivity contribution in [3.63, 3.8) is 0 Å². The standard InChI is InChI=1S/C21H18FN3OS/c1-14-5-2-3-8-19(14)24-12-25-20(26)10-17(15-6-4-7-16(22)9-15)18(11-23)21(25)27-13-24/h2-9,17H,10,12-13H2,1H3/t17-/m1/s1. The minimum Gasteiger partial charge on any atom is -0.343 e. The fourth-order valence-electron chi connectivity index (χ4n) is 3.64. The van der Waals surface area contributed by atoms with E-state index in [2.05, 4.69) is 11.0 Å². The SMILES string of the molecule is Cc1ccccc1N1CSC2=C(C#N)[C@@H](c3cccc(F)c3)CC(=O)N2C1. The molecule has 1 amide bonds. The third-order valence-electron chi connectivity index (χ3n) is 5.00. The van der Waals surface area contributed by atoms with Gasteiger partial charge in [0.15, 0.2) is 0 Å². The summed E-state index contributed by atoms with van der Waals surface area (Å²) in [7, 11) is 0. The molecule has 2 aliphatic rings. The normalized spacial score (nSPS) is 19.7. The summed E-state index contributed by atoms with van der Waals surface area (Å²) in [4.78, 5) is 16.7. The Morgan fingerprint density at radius 1 is 1.22 bits per heavy atom. The Balaban J connectivity index is 1.69. The minimum absolute atomic E-state index is 0.0379. The predicted molar refractivity (Wildman–Crippen MR) is 104 cm³/mol. The summed E-state index contributed by atoms with van der Waals surface area (Å²) in [5.74, 6) is -0.122. The van der Waals surface area contributed by atoms with Gasteiger partial charge in [0.2, 0.25) is 5.91 Å². The zero-order valence-electron chi connectivity index (χ0n) is 14.9. The van der Waals surface area contributed by atoms with E-state index in [9.17, 15) is 14.4 Å². The maximum atomic E-state index is 13.7. The Bertz CT molecular complexity index is 981. The van der Waals surface area contributed by atoms with E-state index in [4.69, 9.17) is 0 Å². The number of thioether (sulfide) groups is 1. The number of fused-ring (bicyclic) bond motifs is 1. The summed E-state index contributed by atoms with van der Waals surface area (Å²) in [5.41, 5.74) is 3.46. The van der Waals surface area contributed by atoms with Gasteiger partial charge in [-0.25, -0.2) is 4.39 Å². The first-order valence-electron chi connectivity index (χ1n) is 8.72. The molecule has 2 aromatic rings. The van der Waals surface area contributed by atoms with Crippen LogP contribution in [0.2, 0.25) is 0 Å². The van der Waals surface area contributed by atoms with Crippen LogP contribution in [0.25, 0.3) is 0 Å². The van der Waals surface area contributed by atoms with Crippen molar-refractivity contribution in [1.82, 2.24) is 4.90 Å². The van der Waals surface area contributed by atoms with Crippen LogP contribution in [0.4, 0.5) is 10.1 Å². The van der Waals surface area contributed by atoms with Gasteiger partial charge in [-0.15, -0.1) is 0 Å². The van der Waals surface area contributed by atoms with E-state index in [1.165, 1.54) is 23.9 Å². The van der Waals surface area contributed by atoms with Gasteiger partial charge in [-0.05, 0) is 36.2 Å². The molecular formula is C21H18FN3OS. The molecule has 136 valence electrons. The number of hydrogen-bond acceptors (Lipinski definition) is 4. The first-order valence-corrected chi connectivity index (χ1v) is 9.70. The highest BCUT2D eigenvalue weighted by molar-refractivity contribution is 8.03. The van der Waals surface area contributed by atoms with Crippen LogP contribution in [0.1, 0.15) is 23.5 Å². The van der Waals surface area contributed by atoms with Crippen LogP contribution >= 0.6 is 11.8 Å². The zero-order chi connectivity index (χ0) is 19.0. The van der Waals surface area contributed by atoms with Crippen molar-refractivity contribution in [3.05, 3.63) is 76.1 Å². The van der Waals surface area contributed by atoms with Gasteiger partial charge in [0.25, 0.3) is 0 Å². The second-order valence-corrected chi connectivity index (χ2v) is 7.64. The van der Waals surface area contributed by atoms with Gasteiger partial charge in [-0.1, -0.05) is 42.1 Å². The molecule has 1 atom stereocenters. The van der Waals surface area contributed by atoms with E-state index in [0.29, 0.717) is 28.7 Å². The van der Waals surface area contributed by atoms with Crippen LogP contribution in [0, 0.1) is 24.1 Å². The van der Waals surface area contributed by atoms with Gasteiger partial charge in [0, 0.05) is 18.0 Å². The Hall–Kier alpha value is -2.78. The van der Waals surface area contributed by atoms with Gasteiger partial charge >= 0.3 is 0 Å². The number of anilines is 1. The molecule has 0 spiro atoms. The van der Waals surface area contributed by atoms with E-state index >= 15 is 0 Å². The molecule has 27 heavy (non-hydrogen) atoms. The fraction of sp³-hybridized carbons (Fsp3) is 0.238. The lowest BCUT2D eigenvalue weighted by Crippen LogP contribution is -2.47. The number of rotatable bonds is 2. The summed E-state index contributed by atoms with van der Waals surface area (Å²) >= 11 is 1.49. The van der Waals surface area contributed by atoms with Gasteiger partial charge in [0.1, 0.15) is 5.82 Å². The zero-order valence-corrected chi connectivity index (χ0v) is 15.7. The van der Waals surface area contributed by atoms with Crippen molar-refractivity contribution in [3.8, 4) is 6.07 Å². The molecule has 2 heterocycles. The van der Waals surface area contributed by atoms with Crippen molar-refractivity contribution in [2.45, 2.75) is 19.3 Å². The Labute approximate surface area is 161 Å². The molecule has 0 aromatic heterocycles. The first-order chi connectivity index (χ1) is 13.1. The van der Waals surface area contributed by atoms with E-state index < -0.39 is 0 Å². The summed E-state index contributed by atoms with van der Waals surface area (Å²) in [5, 5.41) is 10.5. The van der Waals surface area contributed by atoms with E-state index in [1.807, 2.05) is 31.2 Å². The number of aryl methyl sites for hydroxylation is 1. The average molecular weight is 379 g/mol. The number of para-hydroxylation sites is 1. The summed E-state index contributed by atoms with van der Waals surface area (Å²) in [6, 6.07) is 16.5. The third-order valence-corrected chi connectivity index (χ3v) is 6.16. The van der Waals surface area contributed by atoms with Crippen molar-refractivity contribution in [1.29, 1.82) is 5.26 Å². The quantitative estimate of drug-likeness (QED) is 0.778. The van der Waals surface area contributed by atoms with Crippen LogP contribution in [0.3, 0.4) is 0 Å². The number of halogens is 1. The van der Waals surface area contributed by atoms with Crippen molar-refractivity contribution in [2.75, 3.05) is 17.4 Å². The molecule has 6 heteroatoms. The molecule has 0 aliphatic carbocycles. The van der Waals surface area contributed by atoms with Crippen molar-refractivity contribution in [2.24, 2.45) is 0 Å². The lowest BCUT2D eigenvalue weighted by Gasteiger charge is -2.42. The highest BCUT2D eigenvalue weighted by Crippen LogP contribution is 2.43. The summed E-state index contributed by atoms with van der Waals surface area (Å²) < 4.78 is 13.7. The summed E-state index contributed by atoms with van der Waals surface area (Å²) in [6.45, 7) is 2.47. The second-order valence-electron chi connectivity index (χ2n) is 6.71. The minimum atomic E-state index is -0.387. The monoisotopic (exact) mass is 379 g/mol. The van der Waals surface area contributed by atoms with Crippen LogP contribution < -0.4 is 4.90 Å². The van der Waals surface area contributed by atoms with E-state index in [-0.39, 0.29) is 24.1 Å². The number of allylic oxidation sites excluding steroid dienone is 1. The number of nitriles is 1. The topological polar surface area (TPSA) is 47.3 Å². The molecule has 4 rings (SSSR count). The Kier molecular flexibility index (Phi) is 4.63. The molecular weight excluding hydrogens is 361 g/mol. The summed E-state index contributed by atoms with van der Waals surface area (Å²) in [6.07, 6.45) is 0.179. The van der Waals surface area contributed by atoms with Crippen LogP contribution in [-0.4, -0.2) is 23.4 Å². The van der Waals surface area contributed by atoms with Crippen LogP contribution in [0.5, 0.6) is 0 Å². The average Bonchev–Trinajstić information content (AvgIpc) is 2.68. The van der Waals surface area contributed by atoms with Crippen LogP contribution in [0.15, 0.2) is 59.1 Å². The lowest BCUT2D eigenvalue weighted by atomic mass is 9.86. The molecule has 2 aromatic carbocycles. The van der Waals surface area contributed by atoms with Gasteiger partial charge in [-0.3, -0.25) is 9.69 Å². The van der Waals surface area contributed by atoms with Gasteiger partial charge in [-0.2, -0.15) is 5.26 Å². The van der Waals surface area contributed by atoms with Crippen LogP contribution in [-0.2, 0) is 4.79 Å². The molecule has 1 saturated heterocycles. The van der Waals surface area contributed by atoms with Crippen molar-refractivity contribution < 1.29 is 9.18 Å². The Morgan fingerprint density at radius 3 is 2.78 bits per heavy atom. The van der Waals surface area contributed by atoms with E-state index in [1.54, 1.807) is 17.0 Å². The highest BCUT2D eigenvalue weighted by atomic mass is 32.2. The fourth-order valence-corrected chi connectivity index (χ4v) is 4.80. The number of nitrogens with zero attached hydrogens (tertiary/aromatic N) is 3. The lowest BCUT2D eigenvalue weighted by molar-refractivity contribution is -0.129.